The summed E-state index contributed by atoms with van der Waals surface area (Å²) in [6, 6.07) is 5.98. The molecule has 0 radical (unpaired) electrons. The van der Waals surface area contributed by atoms with Gasteiger partial charge in [0.1, 0.15) is 0 Å². The van der Waals surface area contributed by atoms with Crippen molar-refractivity contribution in [1.29, 1.82) is 0 Å². The summed E-state index contributed by atoms with van der Waals surface area (Å²) in [7, 11) is 0. The maximum atomic E-state index is 5.98. The normalized spacial score (nSPS) is 10.6. The van der Waals surface area contributed by atoms with E-state index in [0.29, 0.717) is 6.54 Å². The fourth-order valence-corrected chi connectivity index (χ4v) is 2.32. The van der Waals surface area contributed by atoms with Crippen LogP contribution >= 0.6 is 23.1 Å². The van der Waals surface area contributed by atoms with E-state index in [0.717, 1.165) is 26.6 Å². The third-order valence-corrected chi connectivity index (χ3v) is 3.60. The van der Waals surface area contributed by atoms with E-state index < -0.39 is 0 Å². The molecule has 0 atom stereocenters. The Balaban J connectivity index is 2.50. The molecule has 2 aromatic rings. The van der Waals surface area contributed by atoms with Gasteiger partial charge in [-0.3, -0.25) is 0 Å². The van der Waals surface area contributed by atoms with E-state index >= 15 is 0 Å². The van der Waals surface area contributed by atoms with Crippen molar-refractivity contribution in [3.8, 4) is 10.4 Å². The minimum Gasteiger partial charge on any atom is -0.326 e. The Morgan fingerprint density at radius 3 is 2.93 bits per heavy atom. The fraction of sp³-hybridized carbons (Fsp3) is 0.182. The fourth-order valence-electron chi connectivity index (χ4n) is 1.43. The van der Waals surface area contributed by atoms with Crippen LogP contribution in [0, 0.1) is 6.92 Å². The molecule has 2 rings (SSSR count). The van der Waals surface area contributed by atoms with Crippen molar-refractivity contribution in [1.82, 2.24) is 4.37 Å². The summed E-state index contributed by atoms with van der Waals surface area (Å²) in [5.74, 6) is 0. The molecule has 0 unspecified atom stereocenters. The molecule has 2 N–H and O–H groups in total. The highest BCUT2D eigenvalue weighted by Crippen LogP contribution is 2.30. The molecule has 0 amide bonds. The molecule has 1 aromatic carbocycles. The Kier molecular flexibility index (Phi) is 3.05. The first kappa shape index (κ1) is 10.6. The zero-order valence-electron chi connectivity index (χ0n) is 8.33. The van der Waals surface area contributed by atoms with Gasteiger partial charge in [-0.2, -0.15) is 0 Å². The first-order valence-electron chi connectivity index (χ1n) is 4.62. The molecular formula is C11H11ClN2S. The number of nitrogens with zero attached hydrogens (tertiary/aromatic N) is 1. The van der Waals surface area contributed by atoms with Gasteiger partial charge in [-0.25, -0.2) is 4.37 Å². The second kappa shape index (κ2) is 4.31. The molecule has 15 heavy (non-hydrogen) atoms. The van der Waals surface area contributed by atoms with Crippen LogP contribution in [0.1, 0.15) is 11.1 Å². The molecule has 1 heterocycles. The van der Waals surface area contributed by atoms with Crippen molar-refractivity contribution < 1.29 is 0 Å². The van der Waals surface area contributed by atoms with Gasteiger partial charge >= 0.3 is 0 Å². The first-order valence-corrected chi connectivity index (χ1v) is 5.77. The monoisotopic (exact) mass is 238 g/mol. The largest absolute Gasteiger partial charge is 0.326 e. The number of benzene rings is 1. The van der Waals surface area contributed by atoms with Crippen LogP contribution in [0.4, 0.5) is 0 Å². The lowest BCUT2D eigenvalue weighted by molar-refractivity contribution is 1.08. The molecule has 0 fully saturated rings. The van der Waals surface area contributed by atoms with Crippen molar-refractivity contribution in [2.75, 3.05) is 0 Å². The van der Waals surface area contributed by atoms with Gasteiger partial charge in [-0.15, -0.1) is 0 Å². The average Bonchev–Trinajstić information content (AvgIpc) is 2.70. The van der Waals surface area contributed by atoms with Crippen LogP contribution in [-0.4, -0.2) is 4.37 Å². The number of halogens is 1. The second-order valence-corrected chi connectivity index (χ2v) is 4.56. The molecule has 0 aliphatic rings. The van der Waals surface area contributed by atoms with Gasteiger partial charge in [-0.05, 0) is 41.7 Å². The van der Waals surface area contributed by atoms with E-state index in [4.69, 9.17) is 17.3 Å². The quantitative estimate of drug-likeness (QED) is 0.873. The molecule has 0 bridgehead atoms. The molecule has 0 aliphatic heterocycles. The van der Waals surface area contributed by atoms with Gasteiger partial charge in [0.25, 0.3) is 0 Å². The van der Waals surface area contributed by atoms with Crippen LogP contribution in [0.3, 0.4) is 0 Å². The number of nitrogens with two attached hydrogens (primary N) is 1. The molecular weight excluding hydrogens is 228 g/mol. The molecule has 0 saturated carbocycles. The molecule has 78 valence electrons. The van der Waals surface area contributed by atoms with Crippen LogP contribution in [0.25, 0.3) is 10.4 Å². The Morgan fingerprint density at radius 1 is 1.47 bits per heavy atom. The summed E-state index contributed by atoms with van der Waals surface area (Å²) in [6.45, 7) is 2.52. The summed E-state index contributed by atoms with van der Waals surface area (Å²) in [6.07, 6.45) is 1.82. The van der Waals surface area contributed by atoms with Gasteiger partial charge in [0.2, 0.25) is 0 Å². The van der Waals surface area contributed by atoms with Crippen LogP contribution in [0.15, 0.2) is 24.4 Å². The van der Waals surface area contributed by atoms with Gasteiger partial charge < -0.3 is 5.73 Å². The zero-order chi connectivity index (χ0) is 10.8. The zero-order valence-corrected chi connectivity index (χ0v) is 9.90. The Morgan fingerprint density at radius 2 is 2.27 bits per heavy atom. The second-order valence-electron chi connectivity index (χ2n) is 3.35. The Hall–Kier alpha value is -0.900. The number of hydrogen-bond donors (Lipinski definition) is 1. The highest BCUT2D eigenvalue weighted by atomic mass is 35.5. The van der Waals surface area contributed by atoms with Gasteiger partial charge in [0.05, 0.1) is 4.88 Å². The van der Waals surface area contributed by atoms with Crippen molar-refractivity contribution in [2.45, 2.75) is 13.5 Å². The third kappa shape index (κ3) is 2.04. The average molecular weight is 239 g/mol. The van der Waals surface area contributed by atoms with E-state index in [1.54, 1.807) is 0 Å². The molecule has 2 nitrogen and oxygen atoms in total. The number of rotatable bonds is 2. The first-order chi connectivity index (χ1) is 7.22. The highest BCUT2D eigenvalue weighted by Gasteiger charge is 2.07. The molecule has 0 spiro atoms. The van der Waals surface area contributed by atoms with E-state index in [9.17, 15) is 0 Å². The van der Waals surface area contributed by atoms with Crippen molar-refractivity contribution in [3.63, 3.8) is 0 Å². The summed E-state index contributed by atoms with van der Waals surface area (Å²) >= 11 is 7.45. The summed E-state index contributed by atoms with van der Waals surface area (Å²) in [5, 5.41) is 0.789. The van der Waals surface area contributed by atoms with E-state index in [1.807, 2.05) is 25.3 Å². The van der Waals surface area contributed by atoms with Gasteiger partial charge in [0, 0.05) is 23.3 Å². The van der Waals surface area contributed by atoms with E-state index in [1.165, 1.54) is 11.5 Å². The maximum absolute atomic E-state index is 5.98. The van der Waals surface area contributed by atoms with Crippen molar-refractivity contribution in [3.05, 3.63) is 40.5 Å². The lowest BCUT2D eigenvalue weighted by Gasteiger charge is -2.03. The number of aryl methyl sites for hydroxylation is 1. The van der Waals surface area contributed by atoms with Gasteiger partial charge in [-0.1, -0.05) is 17.7 Å². The Labute approximate surface area is 97.9 Å². The maximum Gasteiger partial charge on any atom is 0.0594 e. The molecule has 0 aliphatic carbocycles. The third-order valence-electron chi connectivity index (χ3n) is 2.28. The summed E-state index contributed by atoms with van der Waals surface area (Å²) in [5.41, 5.74) is 8.94. The predicted molar refractivity (Wildman–Crippen MR) is 65.2 cm³/mol. The summed E-state index contributed by atoms with van der Waals surface area (Å²) < 4.78 is 4.15. The van der Waals surface area contributed by atoms with E-state index in [-0.39, 0.29) is 0 Å². The predicted octanol–water partition coefficient (Wildman–Crippen LogP) is 3.23. The molecule has 0 saturated heterocycles. The van der Waals surface area contributed by atoms with Crippen LogP contribution in [-0.2, 0) is 6.54 Å². The van der Waals surface area contributed by atoms with Crippen molar-refractivity contribution in [2.24, 2.45) is 5.73 Å². The highest BCUT2D eigenvalue weighted by molar-refractivity contribution is 7.09. The SMILES string of the molecule is Cc1cc(-c2sncc2CN)ccc1Cl. The number of aromatic nitrogens is 1. The minimum atomic E-state index is 0.521. The smallest absolute Gasteiger partial charge is 0.0594 e. The molecule has 4 heteroatoms. The topological polar surface area (TPSA) is 38.9 Å². The van der Waals surface area contributed by atoms with Gasteiger partial charge in [0.15, 0.2) is 0 Å². The van der Waals surface area contributed by atoms with E-state index in [2.05, 4.69) is 10.4 Å². The molecule has 1 aromatic heterocycles. The standard InChI is InChI=1S/C11H11ClN2S/c1-7-4-8(2-3-10(7)12)11-9(5-13)6-14-15-11/h2-4,6H,5,13H2,1H3. The minimum absolute atomic E-state index is 0.521. The summed E-state index contributed by atoms with van der Waals surface area (Å²) in [4.78, 5) is 1.14. The lowest BCUT2D eigenvalue weighted by Crippen LogP contribution is -1.95. The van der Waals surface area contributed by atoms with Crippen molar-refractivity contribution >= 4 is 23.1 Å². The lowest BCUT2D eigenvalue weighted by atomic mass is 10.1. The van der Waals surface area contributed by atoms with Crippen LogP contribution in [0.5, 0.6) is 0 Å². The van der Waals surface area contributed by atoms with Crippen LogP contribution in [0.2, 0.25) is 5.02 Å². The number of hydrogen-bond acceptors (Lipinski definition) is 3. The van der Waals surface area contributed by atoms with Crippen LogP contribution < -0.4 is 5.73 Å². The Bertz CT molecular complexity index is 479.